The second kappa shape index (κ2) is 7.38. The van der Waals surface area contributed by atoms with Gasteiger partial charge in [-0.3, -0.25) is 4.79 Å². The molecule has 5 heteroatoms. The number of benzene rings is 2. The maximum Gasteiger partial charge on any atom is 0.291 e. The molecule has 130 valence electrons. The molecule has 0 saturated carbocycles. The largest absolute Gasteiger partial charge is 0.451 e. The average molecular weight is 339 g/mol. The van der Waals surface area contributed by atoms with Crippen LogP contribution < -0.4 is 10.2 Å². The fourth-order valence-corrected chi connectivity index (χ4v) is 2.91. The Labute approximate surface area is 146 Å². The molecule has 0 fully saturated rings. The van der Waals surface area contributed by atoms with Gasteiger partial charge in [-0.15, -0.1) is 0 Å². The van der Waals surface area contributed by atoms with Crippen LogP contribution in [0.2, 0.25) is 0 Å². The van der Waals surface area contributed by atoms with Crippen LogP contribution in [0.25, 0.3) is 11.0 Å². The first kappa shape index (κ1) is 17.0. The molecule has 3 rings (SSSR count). The molecule has 25 heavy (non-hydrogen) atoms. The molecule has 1 amide bonds. The Morgan fingerprint density at radius 1 is 1.16 bits per heavy atom. The molecule has 1 N–H and O–H groups in total. The van der Waals surface area contributed by atoms with Crippen molar-refractivity contribution in [2.45, 2.75) is 13.8 Å². The van der Waals surface area contributed by atoms with E-state index in [0.717, 1.165) is 23.2 Å². The van der Waals surface area contributed by atoms with Crippen molar-refractivity contribution in [3.63, 3.8) is 0 Å². The van der Waals surface area contributed by atoms with Gasteiger partial charge in [0.15, 0.2) is 5.76 Å². The Kier molecular flexibility index (Phi) is 5.03. The third-order valence-corrected chi connectivity index (χ3v) is 4.28. The number of amides is 1. The predicted octanol–water partition coefficient (Wildman–Crippen LogP) is 4.79. The maximum atomic E-state index is 12.6. The number of alkyl halides is 1. The Morgan fingerprint density at radius 3 is 2.52 bits per heavy atom. The Balaban J connectivity index is 1.77. The smallest absolute Gasteiger partial charge is 0.291 e. The second-order valence-electron chi connectivity index (χ2n) is 5.82. The number of rotatable bonds is 6. The molecule has 0 atom stereocenters. The number of anilines is 2. The molecule has 4 nitrogen and oxygen atoms in total. The number of halogens is 1. The number of carbonyl (C=O) groups excluding carboxylic acids is 1. The van der Waals surface area contributed by atoms with Crippen LogP contribution >= 0.6 is 0 Å². The van der Waals surface area contributed by atoms with E-state index in [9.17, 15) is 9.18 Å². The highest BCUT2D eigenvalue weighted by atomic mass is 18.2. The van der Waals surface area contributed by atoms with Crippen molar-refractivity contribution in [1.82, 2.24) is 0 Å². The van der Waals surface area contributed by atoms with Crippen molar-refractivity contribution in [2.75, 3.05) is 30.0 Å². The van der Waals surface area contributed by atoms with Gasteiger partial charge in [-0.05, 0) is 44.2 Å². The van der Waals surface area contributed by atoms with Crippen LogP contribution in [0.5, 0.6) is 0 Å². The van der Waals surface area contributed by atoms with E-state index in [4.69, 9.17) is 4.42 Å². The Hall–Kier alpha value is -2.82. The van der Waals surface area contributed by atoms with Crippen molar-refractivity contribution in [2.24, 2.45) is 0 Å². The summed E-state index contributed by atoms with van der Waals surface area (Å²) < 4.78 is 18.3. The van der Waals surface area contributed by atoms with E-state index in [1.165, 1.54) is 0 Å². The molecular weight excluding hydrogens is 318 g/mol. The van der Waals surface area contributed by atoms with E-state index in [0.29, 0.717) is 23.6 Å². The monoisotopic (exact) mass is 339 g/mol. The summed E-state index contributed by atoms with van der Waals surface area (Å²) in [5.41, 5.74) is 3.12. The van der Waals surface area contributed by atoms with E-state index in [-0.39, 0.29) is 5.91 Å². The lowest BCUT2D eigenvalue weighted by Crippen LogP contribution is -2.25. The van der Waals surface area contributed by atoms with Crippen LogP contribution in [-0.4, -0.2) is 25.7 Å². The minimum atomic E-state index is -0.391. The molecule has 1 heterocycles. The number of para-hydroxylation sites is 1. The predicted molar refractivity (Wildman–Crippen MR) is 99.2 cm³/mol. The van der Waals surface area contributed by atoms with Gasteiger partial charge in [0, 0.05) is 35.4 Å². The fraction of sp³-hybridized carbons (Fsp3) is 0.250. The van der Waals surface area contributed by atoms with Crippen LogP contribution in [0, 0.1) is 6.92 Å². The van der Waals surface area contributed by atoms with Gasteiger partial charge in [0.2, 0.25) is 0 Å². The zero-order chi connectivity index (χ0) is 17.8. The highest BCUT2D eigenvalue weighted by Gasteiger charge is 2.17. The molecule has 0 bridgehead atoms. The van der Waals surface area contributed by atoms with Crippen LogP contribution in [0.3, 0.4) is 0 Å². The number of aryl methyl sites for hydroxylation is 1. The second-order valence-corrected chi connectivity index (χ2v) is 5.82. The van der Waals surface area contributed by atoms with E-state index in [2.05, 4.69) is 5.32 Å². The quantitative estimate of drug-likeness (QED) is 0.702. The minimum absolute atomic E-state index is 0.280. The zero-order valence-electron chi connectivity index (χ0n) is 14.4. The minimum Gasteiger partial charge on any atom is -0.451 e. The van der Waals surface area contributed by atoms with Gasteiger partial charge < -0.3 is 14.6 Å². The third kappa shape index (κ3) is 3.50. The Morgan fingerprint density at radius 2 is 1.88 bits per heavy atom. The van der Waals surface area contributed by atoms with Gasteiger partial charge in [-0.25, -0.2) is 4.39 Å². The summed E-state index contributed by atoms with van der Waals surface area (Å²) in [6.45, 7) is 4.56. The summed E-state index contributed by atoms with van der Waals surface area (Å²) in [5, 5.41) is 3.79. The van der Waals surface area contributed by atoms with Crippen LogP contribution in [-0.2, 0) is 0 Å². The lowest BCUT2D eigenvalue weighted by molar-refractivity contribution is 0.0998. The van der Waals surface area contributed by atoms with E-state index >= 15 is 0 Å². The van der Waals surface area contributed by atoms with Crippen LogP contribution in [0.4, 0.5) is 15.8 Å². The van der Waals surface area contributed by atoms with Gasteiger partial charge >= 0.3 is 0 Å². The molecule has 0 aliphatic carbocycles. The van der Waals surface area contributed by atoms with Gasteiger partial charge in [-0.2, -0.15) is 0 Å². The summed E-state index contributed by atoms with van der Waals surface area (Å²) >= 11 is 0. The maximum absolute atomic E-state index is 12.6. The van der Waals surface area contributed by atoms with E-state index < -0.39 is 6.67 Å². The standard InChI is InChI=1S/C20H21FN2O2/c1-3-23(13-12-21)16-10-8-15(9-11-16)22-20(24)19-14(2)17-6-4-5-7-18(17)25-19/h4-11H,3,12-13H2,1-2H3,(H,22,24)/i21-1. The summed E-state index contributed by atoms with van der Waals surface area (Å²) in [4.78, 5) is 14.5. The normalized spacial score (nSPS) is 10.8. The lowest BCUT2D eigenvalue weighted by atomic mass is 10.1. The summed E-state index contributed by atoms with van der Waals surface area (Å²) in [5.74, 6) is 0.0375. The Bertz CT molecular complexity index is 871. The third-order valence-electron chi connectivity index (χ3n) is 4.28. The number of fused-ring (bicyclic) bond motifs is 1. The molecule has 0 aliphatic heterocycles. The number of carbonyl (C=O) groups is 1. The molecule has 0 saturated heterocycles. The van der Waals surface area contributed by atoms with E-state index in [1.807, 2.05) is 67.3 Å². The number of nitrogens with one attached hydrogen (secondary N) is 1. The van der Waals surface area contributed by atoms with E-state index in [1.54, 1.807) is 0 Å². The molecule has 0 unspecified atom stereocenters. The topological polar surface area (TPSA) is 45.5 Å². The number of furan rings is 1. The van der Waals surface area contributed by atoms with Crippen LogP contribution in [0.15, 0.2) is 52.9 Å². The lowest BCUT2D eigenvalue weighted by Gasteiger charge is -2.21. The number of nitrogens with zero attached hydrogens (tertiary/aromatic N) is 1. The summed E-state index contributed by atoms with van der Waals surface area (Å²) in [7, 11) is 0. The zero-order valence-corrected chi connectivity index (χ0v) is 14.4. The van der Waals surface area contributed by atoms with Gasteiger partial charge in [0.1, 0.15) is 12.3 Å². The first-order valence-electron chi connectivity index (χ1n) is 8.34. The molecule has 3 aromatic rings. The van der Waals surface area contributed by atoms with Crippen molar-refractivity contribution in [3.05, 3.63) is 59.9 Å². The fourth-order valence-electron chi connectivity index (χ4n) is 2.91. The molecule has 0 radical (unpaired) electrons. The molecule has 1 aromatic heterocycles. The van der Waals surface area contributed by atoms with Crippen molar-refractivity contribution in [3.8, 4) is 0 Å². The SMILES string of the molecule is CCN(CC[18F])c1ccc(NC(=O)c2oc3ccccc3c2C)cc1. The number of hydrogen-bond acceptors (Lipinski definition) is 3. The van der Waals surface area contributed by atoms with Gasteiger partial charge in [0.25, 0.3) is 5.91 Å². The molecule has 0 spiro atoms. The number of hydrogen-bond donors (Lipinski definition) is 1. The van der Waals surface area contributed by atoms with Crippen LogP contribution in [0.1, 0.15) is 23.0 Å². The molecular formula is C20H21FN2O2. The van der Waals surface area contributed by atoms with Gasteiger partial charge in [-0.1, -0.05) is 18.2 Å². The highest BCUT2D eigenvalue weighted by Crippen LogP contribution is 2.26. The first-order chi connectivity index (χ1) is 12.1. The highest BCUT2D eigenvalue weighted by molar-refractivity contribution is 6.06. The van der Waals surface area contributed by atoms with Crippen molar-refractivity contribution >= 4 is 28.3 Å². The average Bonchev–Trinajstić information content (AvgIpc) is 2.98. The summed E-state index contributed by atoms with van der Waals surface area (Å²) in [6, 6.07) is 14.9. The molecule has 0 aliphatic rings. The van der Waals surface area contributed by atoms with Gasteiger partial charge in [0.05, 0.1) is 0 Å². The molecule has 2 aromatic carbocycles. The first-order valence-corrected chi connectivity index (χ1v) is 8.34. The van der Waals surface area contributed by atoms with Crippen molar-refractivity contribution in [1.29, 1.82) is 0 Å². The van der Waals surface area contributed by atoms with Crippen molar-refractivity contribution < 1.29 is 13.6 Å². The summed E-state index contributed by atoms with van der Waals surface area (Å²) in [6.07, 6.45) is 0.